The number of fused-ring (bicyclic) bond motifs is 2. The molecule has 1 amide bonds. The van der Waals surface area contributed by atoms with Gasteiger partial charge in [-0.05, 0) is 61.6 Å². The van der Waals surface area contributed by atoms with Crippen LogP contribution in [0, 0.1) is 17.8 Å². The van der Waals surface area contributed by atoms with E-state index >= 15 is 0 Å². The van der Waals surface area contributed by atoms with E-state index in [1.54, 1.807) is 18.2 Å². The van der Waals surface area contributed by atoms with Crippen LogP contribution in [0.4, 0.5) is 0 Å². The molecule has 2 bridgehead atoms. The number of carbonyl (C=O) groups excluding carboxylic acids is 1. The van der Waals surface area contributed by atoms with Gasteiger partial charge in [0.25, 0.3) is 0 Å². The number of carbonyl (C=O) groups is 1. The Hall–Kier alpha value is -0.820. The molecule has 5 nitrogen and oxygen atoms in total. The minimum atomic E-state index is -3.52. The first-order valence-corrected chi connectivity index (χ1v) is 12.4. The van der Waals surface area contributed by atoms with Crippen molar-refractivity contribution in [1.82, 2.24) is 9.62 Å². The Morgan fingerprint density at radius 1 is 1.14 bits per heavy atom. The quantitative estimate of drug-likeness (QED) is 0.749. The summed E-state index contributed by atoms with van der Waals surface area (Å²) in [6, 6.07) is 5.16. The Balaban J connectivity index is 1.38. The van der Waals surface area contributed by atoms with Gasteiger partial charge in [-0.3, -0.25) is 4.79 Å². The Kier molecular flexibility index (Phi) is 5.94. The van der Waals surface area contributed by atoms with E-state index in [1.807, 2.05) is 0 Å². The summed E-state index contributed by atoms with van der Waals surface area (Å²) in [7, 11) is -3.52. The fraction of sp³-hybridized carbons (Fsp3) is 0.650. The van der Waals surface area contributed by atoms with Gasteiger partial charge in [-0.2, -0.15) is 0 Å². The lowest BCUT2D eigenvalue weighted by Crippen LogP contribution is -2.48. The van der Waals surface area contributed by atoms with Crippen LogP contribution in [-0.2, 0) is 20.6 Å². The van der Waals surface area contributed by atoms with E-state index in [2.05, 4.69) is 5.32 Å². The lowest BCUT2D eigenvalue weighted by molar-refractivity contribution is -0.127. The first-order valence-electron chi connectivity index (χ1n) is 10.0. The lowest BCUT2D eigenvalue weighted by Gasteiger charge is -2.33. The smallest absolute Gasteiger partial charge is 0.224 e. The zero-order chi connectivity index (χ0) is 19.9. The predicted octanol–water partition coefficient (Wildman–Crippen LogP) is 3.84. The minimum absolute atomic E-state index is 0.0204. The molecule has 2 saturated carbocycles. The second kappa shape index (κ2) is 8.13. The van der Waals surface area contributed by atoms with Gasteiger partial charge in [0.2, 0.25) is 15.9 Å². The molecular weight excluding hydrogens is 419 g/mol. The molecule has 28 heavy (non-hydrogen) atoms. The number of rotatable bonds is 5. The van der Waals surface area contributed by atoms with Crippen LogP contribution >= 0.6 is 23.2 Å². The van der Waals surface area contributed by atoms with Gasteiger partial charge in [-0.1, -0.05) is 35.7 Å². The number of amides is 1. The topological polar surface area (TPSA) is 66.5 Å². The van der Waals surface area contributed by atoms with Crippen LogP contribution in [0.3, 0.4) is 0 Å². The van der Waals surface area contributed by atoms with Crippen molar-refractivity contribution < 1.29 is 13.2 Å². The van der Waals surface area contributed by atoms with Crippen molar-refractivity contribution in [2.75, 3.05) is 13.1 Å². The maximum atomic E-state index is 12.9. The molecule has 154 valence electrons. The van der Waals surface area contributed by atoms with Crippen molar-refractivity contribution >= 4 is 39.1 Å². The number of hydrogen-bond acceptors (Lipinski definition) is 3. The van der Waals surface area contributed by atoms with E-state index in [0.29, 0.717) is 34.5 Å². The maximum absolute atomic E-state index is 12.9. The van der Waals surface area contributed by atoms with Gasteiger partial charge in [0, 0.05) is 19.1 Å². The highest BCUT2D eigenvalue weighted by molar-refractivity contribution is 7.88. The molecule has 1 heterocycles. The number of sulfonamides is 1. The molecule has 3 aliphatic rings. The molecule has 0 spiro atoms. The highest BCUT2D eigenvalue weighted by Gasteiger charge is 2.41. The number of piperidine rings is 1. The van der Waals surface area contributed by atoms with Crippen LogP contribution in [0.2, 0.25) is 10.0 Å². The third kappa shape index (κ3) is 4.35. The highest BCUT2D eigenvalue weighted by Crippen LogP contribution is 2.44. The van der Waals surface area contributed by atoms with Crippen molar-refractivity contribution in [2.24, 2.45) is 17.8 Å². The van der Waals surface area contributed by atoms with Crippen LogP contribution in [0.1, 0.15) is 44.1 Å². The molecule has 0 radical (unpaired) electrons. The van der Waals surface area contributed by atoms with Crippen LogP contribution in [0.5, 0.6) is 0 Å². The van der Waals surface area contributed by atoms with E-state index < -0.39 is 10.0 Å². The number of hydrogen-bond donors (Lipinski definition) is 1. The number of nitrogens with one attached hydrogen (secondary N) is 1. The summed E-state index contributed by atoms with van der Waals surface area (Å²) in [6.07, 6.45) is 6.27. The molecule has 1 saturated heterocycles. The summed E-state index contributed by atoms with van der Waals surface area (Å²) < 4.78 is 27.2. The van der Waals surface area contributed by atoms with Crippen molar-refractivity contribution in [2.45, 2.75) is 50.3 Å². The normalized spacial score (nSPS) is 30.5. The Morgan fingerprint density at radius 3 is 2.64 bits per heavy atom. The van der Waals surface area contributed by atoms with Crippen LogP contribution in [-0.4, -0.2) is 37.8 Å². The fourth-order valence-corrected chi connectivity index (χ4v) is 6.98. The summed E-state index contributed by atoms with van der Waals surface area (Å²) in [6.45, 7) is 0.720. The van der Waals surface area contributed by atoms with Crippen molar-refractivity contribution in [3.8, 4) is 0 Å². The van der Waals surface area contributed by atoms with Gasteiger partial charge in [-0.25, -0.2) is 12.7 Å². The lowest BCUT2D eigenvalue weighted by atomic mass is 9.93. The van der Waals surface area contributed by atoms with E-state index in [4.69, 9.17) is 23.2 Å². The molecule has 1 aliphatic heterocycles. The average molecular weight is 445 g/mol. The van der Waals surface area contributed by atoms with Gasteiger partial charge in [0.15, 0.2) is 0 Å². The zero-order valence-corrected chi connectivity index (χ0v) is 18.1. The summed E-state index contributed by atoms with van der Waals surface area (Å²) in [5.74, 6) is 1.00. The number of halogens is 2. The van der Waals surface area contributed by atoms with E-state index in [-0.39, 0.29) is 30.2 Å². The van der Waals surface area contributed by atoms with E-state index in [0.717, 1.165) is 18.8 Å². The minimum Gasteiger partial charge on any atom is -0.353 e. The van der Waals surface area contributed by atoms with Gasteiger partial charge in [0.05, 0.1) is 21.7 Å². The first-order chi connectivity index (χ1) is 13.3. The Bertz CT molecular complexity index is 861. The summed E-state index contributed by atoms with van der Waals surface area (Å²) in [4.78, 5) is 12.8. The van der Waals surface area contributed by atoms with Crippen LogP contribution < -0.4 is 5.32 Å². The summed E-state index contributed by atoms with van der Waals surface area (Å²) >= 11 is 11.9. The highest BCUT2D eigenvalue weighted by atomic mass is 35.5. The van der Waals surface area contributed by atoms with Gasteiger partial charge >= 0.3 is 0 Å². The SMILES string of the molecule is O=C(NC1CC2CCC1C2)C1CCCN(S(=O)(=O)Cc2ccc(Cl)c(Cl)c2)C1. The maximum Gasteiger partial charge on any atom is 0.224 e. The zero-order valence-electron chi connectivity index (χ0n) is 15.7. The van der Waals surface area contributed by atoms with E-state index in [1.165, 1.54) is 23.6 Å². The molecule has 4 unspecified atom stereocenters. The molecule has 1 aromatic carbocycles. The molecule has 4 atom stereocenters. The van der Waals surface area contributed by atoms with Crippen molar-refractivity contribution in [3.63, 3.8) is 0 Å². The van der Waals surface area contributed by atoms with Gasteiger partial charge in [-0.15, -0.1) is 0 Å². The molecule has 8 heteroatoms. The molecule has 2 aliphatic carbocycles. The molecule has 1 N–H and O–H groups in total. The Morgan fingerprint density at radius 2 is 1.96 bits per heavy atom. The number of nitrogens with zero attached hydrogens (tertiary/aromatic N) is 1. The number of benzene rings is 1. The second-order valence-electron chi connectivity index (χ2n) is 8.49. The standard InChI is InChI=1S/C20H26Cl2N2O3S/c21-17-6-4-14(9-18(17)22)12-28(26,27)24-7-1-2-16(11-24)20(25)23-19-10-13-3-5-15(19)8-13/h4,6,9,13,15-16,19H,1-3,5,7-8,10-12H2,(H,23,25). The van der Waals surface area contributed by atoms with Crippen LogP contribution in [0.15, 0.2) is 18.2 Å². The van der Waals surface area contributed by atoms with Gasteiger partial charge < -0.3 is 5.32 Å². The monoisotopic (exact) mass is 444 g/mol. The van der Waals surface area contributed by atoms with Crippen molar-refractivity contribution in [3.05, 3.63) is 33.8 Å². The van der Waals surface area contributed by atoms with Crippen LogP contribution in [0.25, 0.3) is 0 Å². The summed E-state index contributed by atoms with van der Waals surface area (Å²) in [5, 5.41) is 3.97. The van der Waals surface area contributed by atoms with Gasteiger partial charge in [0.1, 0.15) is 0 Å². The van der Waals surface area contributed by atoms with Crippen molar-refractivity contribution in [1.29, 1.82) is 0 Å². The molecular formula is C20H26Cl2N2O3S. The first kappa shape index (κ1) is 20.5. The fourth-order valence-electron chi connectivity index (χ4n) is 5.06. The second-order valence-corrected chi connectivity index (χ2v) is 11.3. The molecule has 0 aromatic heterocycles. The Labute approximate surface area is 176 Å². The molecule has 4 rings (SSSR count). The van der Waals surface area contributed by atoms with E-state index in [9.17, 15) is 13.2 Å². The molecule has 1 aromatic rings. The largest absolute Gasteiger partial charge is 0.353 e. The average Bonchev–Trinajstić information content (AvgIpc) is 3.28. The predicted molar refractivity (Wildman–Crippen MR) is 111 cm³/mol. The summed E-state index contributed by atoms with van der Waals surface area (Å²) in [5.41, 5.74) is 0.600. The molecule has 3 fully saturated rings. The third-order valence-corrected chi connectivity index (χ3v) is 9.10. The third-order valence-electron chi connectivity index (χ3n) is 6.55.